The molecule has 6 aromatic carbocycles. The molecule has 0 fully saturated rings. The van der Waals surface area contributed by atoms with Crippen LogP contribution in [0.15, 0.2) is 115 Å². The van der Waals surface area contributed by atoms with Gasteiger partial charge in [0.25, 0.3) is 0 Å². The molecule has 7 aromatic rings. The highest BCUT2D eigenvalue weighted by Gasteiger charge is 2.52. The van der Waals surface area contributed by atoms with Crippen LogP contribution in [0.1, 0.15) is 44.5 Å². The smallest absolute Gasteiger partial charge is 0.101 e. The number of para-hydroxylation sites is 1. The number of benzene rings is 6. The Morgan fingerprint density at radius 2 is 1.23 bits per heavy atom. The Hall–Kier alpha value is -5.90. The predicted octanol–water partition coefficient (Wildman–Crippen LogP) is 9.49. The standard InChI is InChI=1S/C41H25N3/c1-24-10-9-14-31-28-11-3-6-15-34(28)41(39(24)31)35-16-7-4-12-29(35)32-20-33-30-13-5-8-17-37(30)44(38(33)21-36(32)41)40-25(2)18-26(22-42)19-27(40)23-43/h3-21H,1-2H3. The van der Waals surface area contributed by atoms with Crippen LogP contribution < -0.4 is 0 Å². The van der Waals surface area contributed by atoms with E-state index in [1.807, 2.05) is 13.0 Å². The molecule has 44 heavy (non-hydrogen) atoms. The van der Waals surface area contributed by atoms with Gasteiger partial charge in [-0.25, -0.2) is 0 Å². The summed E-state index contributed by atoms with van der Waals surface area (Å²) in [6.45, 7) is 4.23. The molecule has 2 aliphatic rings. The minimum Gasteiger partial charge on any atom is -0.308 e. The molecular weight excluding hydrogens is 534 g/mol. The summed E-state index contributed by atoms with van der Waals surface area (Å²) < 4.78 is 2.25. The second kappa shape index (κ2) is 8.57. The average molecular weight is 560 g/mol. The fourth-order valence-corrected chi connectivity index (χ4v) is 8.33. The summed E-state index contributed by atoms with van der Waals surface area (Å²) in [6, 6.07) is 45.9. The van der Waals surface area contributed by atoms with Gasteiger partial charge < -0.3 is 4.57 Å². The predicted molar refractivity (Wildman–Crippen MR) is 176 cm³/mol. The fraction of sp³-hybridized carbons (Fsp3) is 0.0732. The zero-order chi connectivity index (χ0) is 29.7. The van der Waals surface area contributed by atoms with E-state index in [1.54, 1.807) is 6.07 Å². The average Bonchev–Trinajstić information content (AvgIpc) is 3.65. The van der Waals surface area contributed by atoms with Crippen LogP contribution in [0.2, 0.25) is 0 Å². The lowest BCUT2D eigenvalue weighted by molar-refractivity contribution is 0.787. The molecule has 2 aliphatic carbocycles. The van der Waals surface area contributed by atoms with Crippen LogP contribution in [0.5, 0.6) is 0 Å². The Bertz CT molecular complexity index is 2500. The summed E-state index contributed by atoms with van der Waals surface area (Å²) in [5, 5.41) is 22.3. The molecule has 0 saturated carbocycles. The fourth-order valence-electron chi connectivity index (χ4n) is 8.33. The van der Waals surface area contributed by atoms with Crippen LogP contribution in [0, 0.1) is 36.5 Å². The second-order valence-corrected chi connectivity index (χ2v) is 12.0. The van der Waals surface area contributed by atoms with E-state index in [1.165, 1.54) is 50.1 Å². The highest BCUT2D eigenvalue weighted by atomic mass is 15.0. The van der Waals surface area contributed by atoms with E-state index in [-0.39, 0.29) is 0 Å². The Balaban J connectivity index is 1.50. The monoisotopic (exact) mass is 559 g/mol. The van der Waals surface area contributed by atoms with Crippen LogP contribution in [0.3, 0.4) is 0 Å². The quantitative estimate of drug-likeness (QED) is 0.201. The van der Waals surface area contributed by atoms with Crippen molar-refractivity contribution in [3.05, 3.63) is 160 Å². The van der Waals surface area contributed by atoms with E-state index in [9.17, 15) is 10.5 Å². The largest absolute Gasteiger partial charge is 0.308 e. The number of fused-ring (bicyclic) bond motifs is 13. The summed E-state index contributed by atoms with van der Waals surface area (Å²) in [6.07, 6.45) is 0. The Labute approximate surface area is 255 Å². The van der Waals surface area contributed by atoms with E-state index < -0.39 is 5.41 Å². The van der Waals surface area contributed by atoms with Gasteiger partial charge in [-0.05, 0) is 99.8 Å². The maximum Gasteiger partial charge on any atom is 0.101 e. The molecule has 0 radical (unpaired) electrons. The van der Waals surface area contributed by atoms with Crippen LogP contribution in [0.25, 0.3) is 49.7 Å². The molecule has 3 nitrogen and oxygen atoms in total. The number of hydrogen-bond acceptors (Lipinski definition) is 2. The normalized spacial score (nSPS) is 15.5. The summed E-state index contributed by atoms with van der Waals surface area (Å²) in [4.78, 5) is 0. The van der Waals surface area contributed by atoms with Crippen molar-refractivity contribution in [2.75, 3.05) is 0 Å². The first kappa shape index (κ1) is 24.7. The third kappa shape index (κ3) is 2.84. The molecule has 1 heterocycles. The second-order valence-electron chi connectivity index (χ2n) is 12.0. The molecular formula is C41H25N3. The van der Waals surface area contributed by atoms with Gasteiger partial charge in [0.15, 0.2) is 0 Å². The molecule has 1 aromatic heterocycles. The Morgan fingerprint density at radius 1 is 0.545 bits per heavy atom. The van der Waals surface area contributed by atoms with Crippen LogP contribution in [0.4, 0.5) is 0 Å². The minimum atomic E-state index is -0.462. The third-order valence-electron chi connectivity index (χ3n) is 9.88. The van der Waals surface area contributed by atoms with Crippen molar-refractivity contribution >= 4 is 21.8 Å². The molecule has 0 aliphatic heterocycles. The lowest BCUT2D eigenvalue weighted by Gasteiger charge is -2.31. The van der Waals surface area contributed by atoms with Gasteiger partial charge in [-0.2, -0.15) is 10.5 Å². The van der Waals surface area contributed by atoms with Gasteiger partial charge in [0, 0.05) is 10.8 Å². The Morgan fingerprint density at radius 3 is 1.98 bits per heavy atom. The van der Waals surface area contributed by atoms with Crippen molar-refractivity contribution in [3.8, 4) is 40.1 Å². The van der Waals surface area contributed by atoms with Gasteiger partial charge in [-0.3, -0.25) is 0 Å². The molecule has 0 bridgehead atoms. The van der Waals surface area contributed by atoms with Crippen LogP contribution in [-0.2, 0) is 5.41 Å². The van der Waals surface area contributed by atoms with Crippen molar-refractivity contribution < 1.29 is 0 Å². The zero-order valence-corrected chi connectivity index (χ0v) is 24.3. The van der Waals surface area contributed by atoms with Gasteiger partial charge in [0.2, 0.25) is 0 Å². The molecule has 9 rings (SSSR count). The first-order valence-corrected chi connectivity index (χ1v) is 14.9. The summed E-state index contributed by atoms with van der Waals surface area (Å²) in [5.74, 6) is 0. The van der Waals surface area contributed by atoms with Crippen molar-refractivity contribution in [3.63, 3.8) is 0 Å². The molecule has 1 spiro atoms. The number of nitrogens with zero attached hydrogens (tertiary/aromatic N) is 3. The molecule has 3 heteroatoms. The van der Waals surface area contributed by atoms with Gasteiger partial charge >= 0.3 is 0 Å². The van der Waals surface area contributed by atoms with E-state index in [0.717, 1.165) is 33.1 Å². The number of nitriles is 2. The first-order valence-electron chi connectivity index (χ1n) is 14.9. The molecule has 1 atom stereocenters. The molecule has 204 valence electrons. The summed E-state index contributed by atoms with van der Waals surface area (Å²) in [7, 11) is 0. The molecule has 0 amide bonds. The van der Waals surface area contributed by atoms with Crippen LogP contribution >= 0.6 is 0 Å². The van der Waals surface area contributed by atoms with Gasteiger partial charge in [0.05, 0.1) is 39.3 Å². The first-order chi connectivity index (χ1) is 21.6. The van der Waals surface area contributed by atoms with E-state index in [4.69, 9.17) is 0 Å². The molecule has 0 saturated heterocycles. The minimum absolute atomic E-state index is 0.462. The lowest BCUT2D eigenvalue weighted by atomic mass is 9.69. The summed E-state index contributed by atoms with van der Waals surface area (Å²) >= 11 is 0. The maximum absolute atomic E-state index is 10.3. The van der Waals surface area contributed by atoms with Crippen molar-refractivity contribution in [2.45, 2.75) is 19.3 Å². The van der Waals surface area contributed by atoms with Gasteiger partial charge in [-0.15, -0.1) is 0 Å². The number of aromatic nitrogens is 1. The topological polar surface area (TPSA) is 52.5 Å². The van der Waals surface area contributed by atoms with Crippen molar-refractivity contribution in [2.24, 2.45) is 0 Å². The van der Waals surface area contributed by atoms with Gasteiger partial charge in [0.1, 0.15) is 6.07 Å². The highest BCUT2D eigenvalue weighted by molar-refractivity contribution is 6.12. The summed E-state index contributed by atoms with van der Waals surface area (Å²) in [5.41, 5.74) is 15.9. The van der Waals surface area contributed by atoms with Gasteiger partial charge in [-0.1, -0.05) is 84.9 Å². The number of aryl methyl sites for hydroxylation is 2. The van der Waals surface area contributed by atoms with E-state index in [0.29, 0.717) is 11.1 Å². The van der Waals surface area contributed by atoms with Crippen molar-refractivity contribution in [1.29, 1.82) is 10.5 Å². The SMILES string of the molecule is Cc1cc(C#N)cc(C#N)c1-n1c2ccccc2c2cc3c(cc21)C1(c2ccccc2-3)c2ccccc2-c2cccc(C)c21. The van der Waals surface area contributed by atoms with Crippen LogP contribution in [-0.4, -0.2) is 4.57 Å². The lowest BCUT2D eigenvalue weighted by Crippen LogP contribution is -2.26. The Kier molecular flexibility index (Phi) is 4.81. The zero-order valence-electron chi connectivity index (χ0n) is 24.3. The molecule has 0 N–H and O–H groups in total. The third-order valence-corrected chi connectivity index (χ3v) is 9.88. The van der Waals surface area contributed by atoms with E-state index in [2.05, 4.69) is 127 Å². The molecule has 1 unspecified atom stereocenters. The van der Waals surface area contributed by atoms with E-state index >= 15 is 0 Å². The maximum atomic E-state index is 10.3. The number of hydrogen-bond donors (Lipinski definition) is 0. The highest BCUT2D eigenvalue weighted by Crippen LogP contribution is 2.64. The number of rotatable bonds is 1. The van der Waals surface area contributed by atoms with Crippen molar-refractivity contribution in [1.82, 2.24) is 4.57 Å².